The summed E-state index contributed by atoms with van der Waals surface area (Å²) in [5, 5.41) is 8.75. The van der Waals surface area contributed by atoms with Crippen LogP contribution in [-0.4, -0.2) is 35.0 Å². The lowest BCUT2D eigenvalue weighted by atomic mass is 10.1. The van der Waals surface area contributed by atoms with Crippen LogP contribution in [0.3, 0.4) is 0 Å². The fraction of sp³-hybridized carbons (Fsp3) is 0.286. The molecule has 0 aliphatic rings. The molecule has 0 bridgehead atoms. The lowest BCUT2D eigenvalue weighted by Gasteiger charge is -2.19. The zero-order chi connectivity index (χ0) is 13.4. The first-order valence-corrected chi connectivity index (χ1v) is 5.60. The summed E-state index contributed by atoms with van der Waals surface area (Å²) < 4.78 is 0. The van der Waals surface area contributed by atoms with E-state index in [1.807, 2.05) is 30.3 Å². The van der Waals surface area contributed by atoms with Gasteiger partial charge in [0.1, 0.15) is 6.54 Å². The van der Waals surface area contributed by atoms with Crippen molar-refractivity contribution in [1.29, 1.82) is 0 Å². The maximum atomic E-state index is 11.9. The first-order chi connectivity index (χ1) is 8.63. The highest BCUT2D eigenvalue weighted by Gasteiger charge is 2.16. The van der Waals surface area contributed by atoms with Crippen molar-refractivity contribution in [2.45, 2.75) is 12.8 Å². The maximum absolute atomic E-state index is 11.9. The molecule has 0 atom stereocenters. The Morgan fingerprint density at radius 1 is 1.28 bits per heavy atom. The number of carbonyl (C=O) groups is 2. The average Bonchev–Trinajstić information content (AvgIpc) is 2.35. The number of benzene rings is 1. The second-order valence-corrected chi connectivity index (χ2v) is 3.83. The Labute approximate surface area is 106 Å². The van der Waals surface area contributed by atoms with Crippen molar-refractivity contribution in [3.8, 4) is 12.3 Å². The van der Waals surface area contributed by atoms with Gasteiger partial charge in [-0.05, 0) is 5.56 Å². The molecule has 1 rings (SSSR count). The number of hydrogen-bond donors (Lipinski definition) is 1. The molecule has 4 nitrogen and oxygen atoms in total. The van der Waals surface area contributed by atoms with Crippen LogP contribution in [-0.2, 0) is 16.0 Å². The summed E-state index contributed by atoms with van der Waals surface area (Å²) in [6.45, 7) is -0.0399. The van der Waals surface area contributed by atoms with Gasteiger partial charge in [0.15, 0.2) is 0 Å². The van der Waals surface area contributed by atoms with Gasteiger partial charge in [0.05, 0.1) is 6.42 Å². The first kappa shape index (κ1) is 13.8. The summed E-state index contributed by atoms with van der Waals surface area (Å²) in [7, 11) is 0. The molecule has 1 amide bonds. The zero-order valence-electron chi connectivity index (χ0n) is 10.0. The Hall–Kier alpha value is -2.28. The van der Waals surface area contributed by atoms with Gasteiger partial charge >= 0.3 is 5.97 Å². The molecule has 1 aromatic rings. The van der Waals surface area contributed by atoms with E-state index >= 15 is 0 Å². The Morgan fingerprint density at radius 3 is 2.50 bits per heavy atom. The van der Waals surface area contributed by atoms with Crippen molar-refractivity contribution in [3.05, 3.63) is 35.9 Å². The second-order valence-electron chi connectivity index (χ2n) is 3.83. The second kappa shape index (κ2) is 7.13. The molecule has 1 aromatic carbocycles. The minimum atomic E-state index is -1.03. The van der Waals surface area contributed by atoms with Gasteiger partial charge in [-0.15, -0.1) is 12.3 Å². The molecule has 0 spiro atoms. The monoisotopic (exact) mass is 245 g/mol. The fourth-order valence-corrected chi connectivity index (χ4v) is 1.54. The smallest absolute Gasteiger partial charge is 0.323 e. The largest absolute Gasteiger partial charge is 0.480 e. The highest BCUT2D eigenvalue weighted by atomic mass is 16.4. The molecule has 0 aromatic heterocycles. The van der Waals surface area contributed by atoms with Crippen LogP contribution in [0.25, 0.3) is 0 Å². The molecule has 0 saturated heterocycles. The molecule has 0 aliphatic carbocycles. The summed E-state index contributed by atoms with van der Waals surface area (Å²) in [6.07, 6.45) is 5.67. The summed E-state index contributed by atoms with van der Waals surface area (Å²) in [5.74, 6) is 1.15. The van der Waals surface area contributed by atoms with E-state index in [0.717, 1.165) is 5.56 Å². The third-order valence-corrected chi connectivity index (χ3v) is 2.40. The Balaban J connectivity index is 2.64. The summed E-state index contributed by atoms with van der Waals surface area (Å²) >= 11 is 0. The van der Waals surface area contributed by atoms with Gasteiger partial charge in [-0.25, -0.2) is 0 Å². The quantitative estimate of drug-likeness (QED) is 0.765. The number of nitrogens with zero attached hydrogens (tertiary/aromatic N) is 1. The number of carbonyl (C=O) groups excluding carboxylic acids is 1. The van der Waals surface area contributed by atoms with Gasteiger partial charge in [0, 0.05) is 13.0 Å². The molecule has 1 N–H and O–H groups in total. The normalized spacial score (nSPS) is 9.50. The van der Waals surface area contributed by atoms with Crippen LogP contribution in [0.1, 0.15) is 12.0 Å². The van der Waals surface area contributed by atoms with Crippen LogP contribution in [0.5, 0.6) is 0 Å². The van der Waals surface area contributed by atoms with Crippen molar-refractivity contribution >= 4 is 11.9 Å². The molecule has 0 aliphatic heterocycles. The van der Waals surface area contributed by atoms with Crippen molar-refractivity contribution in [2.24, 2.45) is 0 Å². The first-order valence-electron chi connectivity index (χ1n) is 5.60. The Kier molecular flexibility index (Phi) is 5.46. The predicted molar refractivity (Wildman–Crippen MR) is 67.8 cm³/mol. The molecule has 0 saturated carbocycles. The molecule has 0 fully saturated rings. The zero-order valence-corrected chi connectivity index (χ0v) is 10.0. The molecular formula is C14H15NO3. The van der Waals surface area contributed by atoms with Crippen molar-refractivity contribution < 1.29 is 14.7 Å². The van der Waals surface area contributed by atoms with E-state index in [4.69, 9.17) is 11.5 Å². The lowest BCUT2D eigenvalue weighted by molar-refractivity contribution is -0.144. The van der Waals surface area contributed by atoms with Crippen molar-refractivity contribution in [1.82, 2.24) is 4.90 Å². The topological polar surface area (TPSA) is 57.6 Å². The third-order valence-electron chi connectivity index (χ3n) is 2.40. The van der Waals surface area contributed by atoms with Crippen molar-refractivity contribution in [2.75, 3.05) is 13.1 Å². The van der Waals surface area contributed by atoms with Crippen molar-refractivity contribution in [3.63, 3.8) is 0 Å². The predicted octanol–water partition coefficient (Wildman–Crippen LogP) is 1.17. The van der Waals surface area contributed by atoms with E-state index in [1.54, 1.807) is 0 Å². The minimum Gasteiger partial charge on any atom is -0.480 e. The average molecular weight is 245 g/mol. The number of rotatable bonds is 6. The number of carboxylic acid groups (broad SMARTS) is 1. The number of amides is 1. The van der Waals surface area contributed by atoms with E-state index in [9.17, 15) is 9.59 Å². The van der Waals surface area contributed by atoms with Gasteiger partial charge in [-0.1, -0.05) is 30.3 Å². The standard InChI is InChI=1S/C14H15NO3/c1-2-3-9-15(11-14(17)18)13(16)10-12-7-5-4-6-8-12/h1,4-8H,3,9-11H2,(H,17,18). The maximum Gasteiger partial charge on any atom is 0.323 e. The number of aliphatic carboxylic acids is 1. The lowest BCUT2D eigenvalue weighted by Crippen LogP contribution is -2.37. The highest BCUT2D eigenvalue weighted by Crippen LogP contribution is 2.03. The molecule has 18 heavy (non-hydrogen) atoms. The van der Waals surface area contributed by atoms with Gasteiger partial charge in [-0.2, -0.15) is 0 Å². The summed E-state index contributed by atoms with van der Waals surface area (Å²) in [6, 6.07) is 9.20. The SMILES string of the molecule is C#CCCN(CC(=O)O)C(=O)Cc1ccccc1. The van der Waals surface area contributed by atoms with E-state index in [0.29, 0.717) is 6.42 Å². The summed E-state index contributed by atoms with van der Waals surface area (Å²) in [5.41, 5.74) is 0.860. The van der Waals surface area contributed by atoms with Gasteiger partial charge in [-0.3, -0.25) is 9.59 Å². The molecule has 0 unspecified atom stereocenters. The number of terminal acetylenes is 1. The minimum absolute atomic E-state index is 0.193. The number of hydrogen-bond acceptors (Lipinski definition) is 2. The van der Waals surface area contributed by atoms with Crippen LogP contribution in [0.15, 0.2) is 30.3 Å². The summed E-state index contributed by atoms with van der Waals surface area (Å²) in [4.78, 5) is 23.9. The third kappa shape index (κ3) is 4.71. The number of carboxylic acids is 1. The van der Waals surface area contributed by atoms with Gasteiger partial charge in [0.25, 0.3) is 0 Å². The van der Waals surface area contributed by atoms with E-state index in [1.165, 1.54) is 4.90 Å². The Morgan fingerprint density at radius 2 is 1.94 bits per heavy atom. The van der Waals surface area contributed by atoms with Crippen LogP contribution < -0.4 is 0 Å². The van der Waals surface area contributed by atoms with Crippen LogP contribution in [0.2, 0.25) is 0 Å². The van der Waals surface area contributed by atoms with Crippen LogP contribution in [0.4, 0.5) is 0 Å². The fourth-order valence-electron chi connectivity index (χ4n) is 1.54. The van der Waals surface area contributed by atoms with Crippen LogP contribution >= 0.6 is 0 Å². The van der Waals surface area contributed by atoms with E-state index in [2.05, 4.69) is 5.92 Å². The molecule has 4 heteroatoms. The highest BCUT2D eigenvalue weighted by molar-refractivity contribution is 5.83. The van der Waals surface area contributed by atoms with E-state index in [-0.39, 0.29) is 25.4 Å². The van der Waals surface area contributed by atoms with E-state index < -0.39 is 5.97 Å². The molecule has 0 radical (unpaired) electrons. The molecule has 94 valence electrons. The Bertz CT molecular complexity index is 448. The van der Waals surface area contributed by atoms with Crippen LogP contribution in [0, 0.1) is 12.3 Å². The molecular weight excluding hydrogens is 230 g/mol. The molecule has 0 heterocycles. The van der Waals surface area contributed by atoms with Gasteiger partial charge in [0.2, 0.25) is 5.91 Å². The van der Waals surface area contributed by atoms with Gasteiger partial charge < -0.3 is 10.0 Å².